The van der Waals surface area contributed by atoms with Crippen LogP contribution in [-0.2, 0) is 15.0 Å². The van der Waals surface area contributed by atoms with Gasteiger partial charge >= 0.3 is 0 Å². The Balaban J connectivity index is 1.01. The van der Waals surface area contributed by atoms with Crippen molar-refractivity contribution in [3.63, 3.8) is 0 Å². The van der Waals surface area contributed by atoms with Crippen LogP contribution in [-0.4, -0.2) is 24.6 Å². The van der Waals surface area contributed by atoms with Gasteiger partial charge in [0.25, 0.3) is 0 Å². The average Bonchev–Trinajstić information content (AvgIpc) is 3.44. The Morgan fingerprint density at radius 2 is 1.10 bits per heavy atom. The minimum Gasteiger partial charge on any atom is -0.296 e. The molecule has 1 heterocycles. The molecule has 8 rings (SSSR count). The molecule has 0 N–H and O–H groups in total. The van der Waals surface area contributed by atoms with E-state index in [0.29, 0.717) is 5.69 Å². The van der Waals surface area contributed by atoms with Crippen molar-refractivity contribution in [1.29, 1.82) is 0 Å². The molecule has 4 nitrogen and oxygen atoms in total. The average molecular weight is 681 g/mol. The molecule has 2 amide bonds. The van der Waals surface area contributed by atoms with Crippen molar-refractivity contribution in [3.8, 4) is 0 Å². The van der Waals surface area contributed by atoms with E-state index in [1.54, 1.807) is 0 Å². The fourth-order valence-corrected chi connectivity index (χ4v) is 9.65. The number of rotatable bonds is 19. The molecule has 2 atom stereocenters. The van der Waals surface area contributed by atoms with Crippen LogP contribution in [0.25, 0.3) is 10.8 Å². The zero-order chi connectivity index (χ0) is 35.0. The first kappa shape index (κ1) is 35.4. The highest BCUT2D eigenvalue weighted by Gasteiger charge is 2.68. The highest BCUT2D eigenvalue weighted by molar-refractivity contribution is 6.27. The van der Waals surface area contributed by atoms with Crippen LogP contribution in [0.2, 0.25) is 0 Å². The maximum atomic E-state index is 14.8. The summed E-state index contributed by atoms with van der Waals surface area (Å²) in [5.41, 5.74) is 4.48. The molecule has 1 saturated heterocycles. The van der Waals surface area contributed by atoms with E-state index >= 15 is 0 Å². The summed E-state index contributed by atoms with van der Waals surface area (Å²) in [6.07, 6.45) is 23.6. The smallest absolute Gasteiger partial charge is 0.239 e. The summed E-state index contributed by atoms with van der Waals surface area (Å²) in [4.78, 5) is 36.1. The largest absolute Gasteiger partial charge is 0.296 e. The van der Waals surface area contributed by atoms with Crippen LogP contribution in [0.1, 0.15) is 138 Å². The third kappa shape index (κ3) is 6.84. The van der Waals surface area contributed by atoms with Crippen molar-refractivity contribution in [2.75, 3.05) is 11.4 Å². The van der Waals surface area contributed by atoms with E-state index in [1.807, 2.05) is 42.5 Å². The number of carbonyl (C=O) groups excluding carboxylic acids is 2. The molecule has 0 spiro atoms. The standard InChI is InChI=1S/C47H56N2O2/c1-2-3-4-5-6-7-8-9-10-11-12-13-14-15-16-23-33-48-34-47-39-30-21-19-28-37(39)42(38-29-20-22-31-40(38)47)43-44(47)46(51)49(45(43)50)41-32-24-26-35-25-17-18-27-36(35)41/h17-22,24-32,34,42-44H,2-16,23,33H2,1H3/t42?,43-,44+,47?/m0/s1. The Labute approximate surface area is 305 Å². The second-order valence-corrected chi connectivity index (χ2v) is 15.4. The van der Waals surface area contributed by atoms with Gasteiger partial charge in [-0.15, -0.1) is 0 Å². The van der Waals surface area contributed by atoms with Crippen LogP contribution >= 0.6 is 0 Å². The van der Waals surface area contributed by atoms with Gasteiger partial charge < -0.3 is 0 Å². The minimum atomic E-state index is -0.784. The van der Waals surface area contributed by atoms with Crippen LogP contribution in [0.15, 0.2) is 96.0 Å². The monoisotopic (exact) mass is 680 g/mol. The predicted octanol–water partition coefficient (Wildman–Crippen LogP) is 11.7. The molecule has 266 valence electrons. The number of fused-ring (bicyclic) bond motifs is 1. The maximum absolute atomic E-state index is 14.8. The molecule has 3 aliphatic carbocycles. The van der Waals surface area contributed by atoms with Crippen molar-refractivity contribution in [2.45, 2.75) is 121 Å². The summed E-state index contributed by atoms with van der Waals surface area (Å²) < 4.78 is 0. The first-order valence-corrected chi connectivity index (χ1v) is 20.2. The van der Waals surface area contributed by atoms with Crippen molar-refractivity contribution >= 4 is 34.5 Å². The number of hydrogen-bond donors (Lipinski definition) is 0. The van der Waals surface area contributed by atoms with Crippen LogP contribution in [0.5, 0.6) is 0 Å². The second kappa shape index (κ2) is 16.5. The Hall–Kier alpha value is -4.05. The Morgan fingerprint density at radius 1 is 0.588 bits per heavy atom. The summed E-state index contributed by atoms with van der Waals surface area (Å²) >= 11 is 0. The lowest BCUT2D eigenvalue weighted by Crippen LogP contribution is -2.54. The molecule has 0 saturated carbocycles. The molecule has 1 aliphatic heterocycles. The van der Waals surface area contributed by atoms with Crippen molar-refractivity contribution < 1.29 is 9.59 Å². The number of anilines is 1. The lowest BCUT2D eigenvalue weighted by Gasteiger charge is -2.52. The maximum Gasteiger partial charge on any atom is 0.239 e. The predicted molar refractivity (Wildman–Crippen MR) is 212 cm³/mol. The number of carbonyl (C=O) groups is 2. The molecule has 4 aromatic rings. The number of hydrogen-bond acceptors (Lipinski definition) is 3. The van der Waals surface area contributed by atoms with Crippen molar-refractivity contribution in [1.82, 2.24) is 0 Å². The van der Waals surface area contributed by atoms with Gasteiger partial charge in [0.15, 0.2) is 0 Å². The Bertz CT molecular complexity index is 1790. The van der Waals surface area contributed by atoms with Gasteiger partial charge in [0.2, 0.25) is 11.8 Å². The third-order valence-electron chi connectivity index (χ3n) is 12.1. The van der Waals surface area contributed by atoms with Crippen molar-refractivity contribution in [2.24, 2.45) is 16.8 Å². The normalized spacial score (nSPS) is 21.8. The Kier molecular flexibility index (Phi) is 11.5. The first-order valence-electron chi connectivity index (χ1n) is 20.2. The number of aliphatic imine (C=N–C) groups is 1. The highest BCUT2D eigenvalue weighted by Crippen LogP contribution is 2.63. The number of amides is 2. The van der Waals surface area contributed by atoms with Crippen LogP contribution in [0, 0.1) is 11.8 Å². The molecule has 2 bridgehead atoms. The molecular weight excluding hydrogens is 625 g/mol. The van der Waals surface area contributed by atoms with Gasteiger partial charge in [0.05, 0.1) is 22.9 Å². The van der Waals surface area contributed by atoms with Crippen LogP contribution in [0.4, 0.5) is 5.69 Å². The van der Waals surface area contributed by atoms with E-state index in [-0.39, 0.29) is 17.7 Å². The van der Waals surface area contributed by atoms with Crippen LogP contribution < -0.4 is 4.90 Å². The molecular formula is C47H56N2O2. The molecule has 0 radical (unpaired) electrons. The van der Waals surface area contributed by atoms with E-state index in [2.05, 4.69) is 61.7 Å². The Morgan fingerprint density at radius 3 is 1.71 bits per heavy atom. The summed E-state index contributed by atoms with van der Waals surface area (Å²) in [6.45, 7) is 3.02. The molecule has 0 unspecified atom stereocenters. The number of nitrogens with zero attached hydrogens (tertiary/aromatic N) is 2. The zero-order valence-electron chi connectivity index (χ0n) is 30.7. The lowest BCUT2D eigenvalue weighted by molar-refractivity contribution is -0.122. The molecule has 4 aliphatic rings. The SMILES string of the molecule is CCCCCCCCCCCCCCCCCCN=CC12c3ccccc3C(c3ccccc31)[C@@H]1C(=O)N(c3cccc4ccccc34)C(=O)[C@@H]12. The summed E-state index contributed by atoms with van der Waals surface area (Å²) in [7, 11) is 0. The van der Waals surface area contributed by atoms with Gasteiger partial charge in [-0.3, -0.25) is 14.6 Å². The number of benzene rings is 4. The molecule has 51 heavy (non-hydrogen) atoms. The minimum absolute atomic E-state index is 0.0917. The summed E-state index contributed by atoms with van der Waals surface area (Å²) in [5, 5.41) is 1.95. The molecule has 4 heteroatoms. The van der Waals surface area contributed by atoms with Gasteiger partial charge in [0.1, 0.15) is 0 Å². The summed E-state index contributed by atoms with van der Waals surface area (Å²) in [5.74, 6) is -1.36. The fourth-order valence-electron chi connectivity index (χ4n) is 9.65. The van der Waals surface area contributed by atoms with Crippen molar-refractivity contribution in [3.05, 3.63) is 113 Å². The summed E-state index contributed by atoms with van der Waals surface area (Å²) in [6, 6.07) is 30.9. The molecule has 0 aromatic heterocycles. The van der Waals surface area contributed by atoms with Gasteiger partial charge in [0, 0.05) is 24.1 Å². The second-order valence-electron chi connectivity index (χ2n) is 15.4. The van der Waals surface area contributed by atoms with E-state index in [1.165, 1.54) is 101 Å². The highest BCUT2D eigenvalue weighted by atomic mass is 16.2. The van der Waals surface area contributed by atoms with Gasteiger partial charge in [-0.25, -0.2) is 4.90 Å². The van der Waals surface area contributed by atoms with E-state index in [4.69, 9.17) is 4.99 Å². The number of imide groups is 1. The zero-order valence-corrected chi connectivity index (χ0v) is 30.7. The third-order valence-corrected chi connectivity index (χ3v) is 12.1. The van der Waals surface area contributed by atoms with Gasteiger partial charge in [-0.05, 0) is 40.1 Å². The van der Waals surface area contributed by atoms with Gasteiger partial charge in [-0.2, -0.15) is 0 Å². The topological polar surface area (TPSA) is 49.7 Å². The molecule has 4 aromatic carbocycles. The molecule has 1 fully saturated rings. The lowest BCUT2D eigenvalue weighted by atomic mass is 9.47. The van der Waals surface area contributed by atoms with E-state index in [0.717, 1.165) is 46.0 Å². The fraction of sp³-hybridized carbons (Fsp3) is 0.468. The number of unbranched alkanes of at least 4 members (excludes halogenated alkanes) is 15. The first-order chi connectivity index (χ1) is 25.2. The van der Waals surface area contributed by atoms with Crippen LogP contribution in [0.3, 0.4) is 0 Å². The van der Waals surface area contributed by atoms with E-state index in [9.17, 15) is 9.59 Å². The quantitative estimate of drug-likeness (QED) is 0.0562. The van der Waals surface area contributed by atoms with Gasteiger partial charge in [-0.1, -0.05) is 188 Å². The van der Waals surface area contributed by atoms with E-state index < -0.39 is 17.3 Å².